The van der Waals surface area contributed by atoms with Gasteiger partial charge in [-0.1, -0.05) is 0 Å². The number of hydrogen-bond donors (Lipinski definition) is 1. The smallest absolute Gasteiger partial charge is 0.293 e. The highest BCUT2D eigenvalue weighted by Crippen LogP contribution is 2.10. The molecule has 0 unspecified atom stereocenters. The molecule has 0 saturated carbocycles. The van der Waals surface area contributed by atoms with Gasteiger partial charge >= 0.3 is 0 Å². The van der Waals surface area contributed by atoms with Crippen molar-refractivity contribution in [2.45, 2.75) is 32.7 Å². The fraction of sp³-hybridized carbons (Fsp3) is 0.429. The number of nitrogens with zero attached hydrogens (tertiary/aromatic N) is 2. The van der Waals surface area contributed by atoms with E-state index >= 15 is 0 Å². The van der Waals surface area contributed by atoms with E-state index in [1.807, 2.05) is 32.9 Å². The minimum atomic E-state index is -0.253. The Bertz CT molecular complexity index is 579. The highest BCUT2D eigenvalue weighted by molar-refractivity contribution is 5.31. The number of furan rings is 1. The molecule has 5 heteroatoms. The van der Waals surface area contributed by atoms with Crippen molar-refractivity contribution in [2.75, 3.05) is 11.9 Å². The van der Waals surface area contributed by atoms with E-state index in [4.69, 9.17) is 4.42 Å². The fourth-order valence-electron chi connectivity index (χ4n) is 1.82. The minimum Gasteiger partial charge on any atom is -0.469 e. The first-order chi connectivity index (χ1) is 8.98. The second-order valence-electron chi connectivity index (χ2n) is 5.38. The summed E-state index contributed by atoms with van der Waals surface area (Å²) >= 11 is 0. The summed E-state index contributed by atoms with van der Waals surface area (Å²) in [4.78, 5) is 16.3. The van der Waals surface area contributed by atoms with Gasteiger partial charge in [-0.25, -0.2) is 4.98 Å². The molecule has 0 aromatic carbocycles. The zero-order chi connectivity index (χ0) is 13.9. The predicted molar refractivity (Wildman–Crippen MR) is 74.4 cm³/mol. The van der Waals surface area contributed by atoms with Gasteiger partial charge in [0, 0.05) is 30.9 Å². The van der Waals surface area contributed by atoms with Gasteiger partial charge in [0.25, 0.3) is 5.56 Å². The predicted octanol–water partition coefficient (Wildman–Crippen LogP) is 2.25. The van der Waals surface area contributed by atoms with Crippen LogP contribution in [0.25, 0.3) is 0 Å². The van der Waals surface area contributed by atoms with Gasteiger partial charge in [-0.05, 0) is 32.9 Å². The summed E-state index contributed by atoms with van der Waals surface area (Å²) in [5.74, 6) is 1.27. The fourth-order valence-corrected chi connectivity index (χ4v) is 1.82. The normalized spacial score (nSPS) is 11.5. The van der Waals surface area contributed by atoms with Crippen LogP contribution in [-0.2, 0) is 12.0 Å². The Kier molecular flexibility index (Phi) is 3.74. The third-order valence-corrected chi connectivity index (χ3v) is 2.81. The van der Waals surface area contributed by atoms with Crippen LogP contribution < -0.4 is 10.9 Å². The Labute approximate surface area is 112 Å². The maximum Gasteiger partial charge on any atom is 0.293 e. The molecular formula is C14H19N3O2. The molecule has 102 valence electrons. The molecule has 0 atom stereocenters. The molecule has 2 aromatic rings. The number of rotatable bonds is 4. The number of anilines is 1. The summed E-state index contributed by atoms with van der Waals surface area (Å²) in [6.45, 7) is 6.58. The third-order valence-electron chi connectivity index (χ3n) is 2.81. The maximum absolute atomic E-state index is 12.2. The molecule has 5 nitrogen and oxygen atoms in total. The van der Waals surface area contributed by atoms with Gasteiger partial charge in [0.2, 0.25) is 0 Å². The van der Waals surface area contributed by atoms with E-state index in [-0.39, 0.29) is 11.1 Å². The van der Waals surface area contributed by atoms with Crippen molar-refractivity contribution < 1.29 is 4.42 Å². The molecule has 0 bridgehead atoms. The van der Waals surface area contributed by atoms with Gasteiger partial charge < -0.3 is 14.3 Å². The second kappa shape index (κ2) is 5.30. The van der Waals surface area contributed by atoms with E-state index < -0.39 is 0 Å². The van der Waals surface area contributed by atoms with Crippen molar-refractivity contribution in [2.24, 2.45) is 0 Å². The van der Waals surface area contributed by atoms with Crippen molar-refractivity contribution >= 4 is 5.82 Å². The van der Waals surface area contributed by atoms with Crippen LogP contribution in [0.15, 0.2) is 40.0 Å². The van der Waals surface area contributed by atoms with Crippen LogP contribution >= 0.6 is 0 Å². The Balaban J connectivity index is 2.07. The minimum absolute atomic E-state index is 0.102. The summed E-state index contributed by atoms with van der Waals surface area (Å²) in [6.07, 6.45) is 5.71. The summed E-state index contributed by atoms with van der Waals surface area (Å²) in [7, 11) is 0. The molecule has 0 radical (unpaired) electrons. The van der Waals surface area contributed by atoms with Gasteiger partial charge in [-0.3, -0.25) is 4.79 Å². The van der Waals surface area contributed by atoms with E-state index in [1.165, 1.54) is 0 Å². The lowest BCUT2D eigenvalue weighted by Gasteiger charge is -2.22. The molecule has 2 heterocycles. The molecule has 1 N–H and O–H groups in total. The molecule has 2 rings (SSSR count). The van der Waals surface area contributed by atoms with Crippen molar-refractivity contribution in [3.8, 4) is 0 Å². The standard InChI is InChI=1S/C14H19N3O2/c1-14(2,3)17-9-8-16-12(13(17)18)15-7-6-11-5-4-10-19-11/h4-5,8-10H,6-7H2,1-3H3,(H,15,16). The zero-order valence-corrected chi connectivity index (χ0v) is 11.5. The van der Waals surface area contributed by atoms with Gasteiger partial charge in [-0.2, -0.15) is 0 Å². The summed E-state index contributed by atoms with van der Waals surface area (Å²) in [5, 5.41) is 3.06. The molecule has 0 amide bonds. The van der Waals surface area contributed by atoms with Crippen LogP contribution in [0, 0.1) is 0 Å². The van der Waals surface area contributed by atoms with E-state index in [9.17, 15) is 4.79 Å². The van der Waals surface area contributed by atoms with Gasteiger partial charge in [0.15, 0.2) is 5.82 Å². The summed E-state index contributed by atoms with van der Waals surface area (Å²) < 4.78 is 6.91. The van der Waals surface area contributed by atoms with Gasteiger partial charge in [0.1, 0.15) is 5.76 Å². The van der Waals surface area contributed by atoms with Crippen molar-refractivity contribution in [1.82, 2.24) is 9.55 Å². The molecule has 2 aromatic heterocycles. The highest BCUT2D eigenvalue weighted by Gasteiger charge is 2.16. The topological polar surface area (TPSA) is 60.1 Å². The lowest BCUT2D eigenvalue weighted by atomic mass is 10.1. The first-order valence-electron chi connectivity index (χ1n) is 6.33. The number of nitrogens with one attached hydrogen (secondary N) is 1. The third kappa shape index (κ3) is 3.24. The average Bonchev–Trinajstić information content (AvgIpc) is 2.83. The zero-order valence-electron chi connectivity index (χ0n) is 11.5. The van der Waals surface area contributed by atoms with E-state index in [1.54, 1.807) is 23.2 Å². The first kappa shape index (κ1) is 13.4. The van der Waals surface area contributed by atoms with Crippen LogP contribution in [0.5, 0.6) is 0 Å². The van der Waals surface area contributed by atoms with Gasteiger partial charge in [-0.15, -0.1) is 0 Å². The van der Waals surface area contributed by atoms with Crippen LogP contribution in [0.2, 0.25) is 0 Å². The average molecular weight is 261 g/mol. The number of hydrogen-bond acceptors (Lipinski definition) is 4. The lowest BCUT2D eigenvalue weighted by Crippen LogP contribution is -2.35. The Morgan fingerprint density at radius 1 is 1.42 bits per heavy atom. The highest BCUT2D eigenvalue weighted by atomic mass is 16.3. The van der Waals surface area contributed by atoms with Crippen LogP contribution in [0.3, 0.4) is 0 Å². The quantitative estimate of drug-likeness (QED) is 0.917. The second-order valence-corrected chi connectivity index (χ2v) is 5.38. The SMILES string of the molecule is CC(C)(C)n1ccnc(NCCc2ccco2)c1=O. The summed E-state index contributed by atoms with van der Waals surface area (Å²) in [6, 6.07) is 3.76. The molecule has 0 aliphatic heterocycles. The molecular weight excluding hydrogens is 242 g/mol. The van der Waals surface area contributed by atoms with Crippen molar-refractivity contribution in [1.29, 1.82) is 0 Å². The molecule has 0 aliphatic rings. The van der Waals surface area contributed by atoms with Crippen LogP contribution in [0.1, 0.15) is 26.5 Å². The van der Waals surface area contributed by atoms with E-state index in [0.717, 1.165) is 12.2 Å². The molecule has 0 saturated heterocycles. The summed E-state index contributed by atoms with van der Waals surface area (Å²) in [5.41, 5.74) is -0.355. The monoisotopic (exact) mass is 261 g/mol. The van der Waals surface area contributed by atoms with Crippen molar-refractivity contribution in [3.05, 3.63) is 46.9 Å². The number of aromatic nitrogens is 2. The van der Waals surface area contributed by atoms with Crippen molar-refractivity contribution in [3.63, 3.8) is 0 Å². The van der Waals surface area contributed by atoms with Gasteiger partial charge in [0.05, 0.1) is 6.26 Å². The lowest BCUT2D eigenvalue weighted by molar-refractivity contribution is 0.383. The largest absolute Gasteiger partial charge is 0.469 e. The molecule has 0 fully saturated rings. The Morgan fingerprint density at radius 2 is 2.21 bits per heavy atom. The van der Waals surface area contributed by atoms with Crippen LogP contribution in [-0.4, -0.2) is 16.1 Å². The van der Waals surface area contributed by atoms with Crippen LogP contribution in [0.4, 0.5) is 5.82 Å². The van der Waals surface area contributed by atoms with E-state index in [0.29, 0.717) is 12.4 Å². The maximum atomic E-state index is 12.2. The molecule has 0 aliphatic carbocycles. The van der Waals surface area contributed by atoms with E-state index in [2.05, 4.69) is 10.3 Å². The Hall–Kier alpha value is -2.04. The first-order valence-corrected chi connectivity index (χ1v) is 6.33. The molecule has 0 spiro atoms. The molecule has 19 heavy (non-hydrogen) atoms. The Morgan fingerprint density at radius 3 is 2.84 bits per heavy atom.